The summed E-state index contributed by atoms with van der Waals surface area (Å²) in [5.74, 6) is 0. The molecule has 80 valence electrons. The van der Waals surface area contributed by atoms with Crippen molar-refractivity contribution in [2.75, 3.05) is 0 Å². The SMILES string of the molecule is CC/C=C\C=C/CCCc1ccccc1. The highest BCUT2D eigenvalue weighted by Gasteiger charge is 1.88. The average Bonchev–Trinajstić information content (AvgIpc) is 2.29. The quantitative estimate of drug-likeness (QED) is 0.467. The van der Waals surface area contributed by atoms with Crippen LogP contribution in [0.3, 0.4) is 0 Å². The van der Waals surface area contributed by atoms with Gasteiger partial charge in [0.25, 0.3) is 0 Å². The highest BCUT2D eigenvalue weighted by atomic mass is 13.9. The molecule has 0 atom stereocenters. The molecule has 0 N–H and O–H groups in total. The summed E-state index contributed by atoms with van der Waals surface area (Å²) in [6.07, 6.45) is 13.4. The lowest BCUT2D eigenvalue weighted by Crippen LogP contribution is -1.82. The van der Waals surface area contributed by atoms with Gasteiger partial charge in [0.05, 0.1) is 0 Å². The van der Waals surface area contributed by atoms with E-state index in [0.29, 0.717) is 0 Å². The number of allylic oxidation sites excluding steroid dienone is 4. The second-order valence-corrected chi connectivity index (χ2v) is 3.64. The second-order valence-electron chi connectivity index (χ2n) is 3.64. The summed E-state index contributed by atoms with van der Waals surface area (Å²) in [4.78, 5) is 0. The van der Waals surface area contributed by atoms with Gasteiger partial charge < -0.3 is 0 Å². The molecular formula is C15H20. The highest BCUT2D eigenvalue weighted by molar-refractivity contribution is 5.14. The van der Waals surface area contributed by atoms with Crippen LogP contribution in [0.15, 0.2) is 54.6 Å². The first-order valence-electron chi connectivity index (χ1n) is 5.79. The van der Waals surface area contributed by atoms with Gasteiger partial charge in [-0.1, -0.05) is 61.6 Å². The summed E-state index contributed by atoms with van der Waals surface area (Å²) in [7, 11) is 0. The largest absolute Gasteiger partial charge is 0.0848 e. The predicted octanol–water partition coefficient (Wildman–Crippen LogP) is 4.53. The molecule has 1 aromatic carbocycles. The molecule has 0 nitrogen and oxygen atoms in total. The Morgan fingerprint density at radius 3 is 2.47 bits per heavy atom. The molecule has 0 saturated heterocycles. The molecule has 0 spiro atoms. The fourth-order valence-corrected chi connectivity index (χ4v) is 1.46. The lowest BCUT2D eigenvalue weighted by molar-refractivity contribution is 0.843. The fraction of sp³-hybridized carbons (Fsp3) is 0.333. The molecule has 0 heteroatoms. The van der Waals surface area contributed by atoms with Gasteiger partial charge >= 0.3 is 0 Å². The van der Waals surface area contributed by atoms with Gasteiger partial charge in [-0.2, -0.15) is 0 Å². The number of aryl methyl sites for hydroxylation is 1. The molecule has 0 amide bonds. The van der Waals surface area contributed by atoms with Crippen molar-refractivity contribution in [3.8, 4) is 0 Å². The maximum atomic E-state index is 2.25. The van der Waals surface area contributed by atoms with Crippen molar-refractivity contribution in [2.45, 2.75) is 32.6 Å². The molecule has 15 heavy (non-hydrogen) atoms. The summed E-state index contributed by atoms with van der Waals surface area (Å²) in [6.45, 7) is 2.15. The number of benzene rings is 1. The van der Waals surface area contributed by atoms with Crippen LogP contribution in [0.2, 0.25) is 0 Å². The molecule has 0 aliphatic heterocycles. The molecule has 0 aliphatic rings. The third kappa shape index (κ3) is 5.90. The summed E-state index contributed by atoms with van der Waals surface area (Å²) in [5.41, 5.74) is 1.44. The van der Waals surface area contributed by atoms with Crippen molar-refractivity contribution < 1.29 is 0 Å². The molecule has 1 rings (SSSR count). The van der Waals surface area contributed by atoms with Crippen LogP contribution < -0.4 is 0 Å². The van der Waals surface area contributed by atoms with Crippen molar-refractivity contribution in [3.63, 3.8) is 0 Å². The summed E-state index contributed by atoms with van der Waals surface area (Å²) in [5, 5.41) is 0. The minimum atomic E-state index is 1.12. The van der Waals surface area contributed by atoms with Crippen LogP contribution in [0.1, 0.15) is 31.7 Å². The second kappa shape index (κ2) is 8.05. The number of hydrogen-bond donors (Lipinski definition) is 0. The Kier molecular flexibility index (Phi) is 6.31. The van der Waals surface area contributed by atoms with E-state index >= 15 is 0 Å². The summed E-state index contributed by atoms with van der Waals surface area (Å²) < 4.78 is 0. The minimum absolute atomic E-state index is 1.12. The zero-order chi connectivity index (χ0) is 10.8. The van der Waals surface area contributed by atoms with Crippen molar-refractivity contribution in [1.82, 2.24) is 0 Å². The average molecular weight is 200 g/mol. The summed E-state index contributed by atoms with van der Waals surface area (Å²) in [6, 6.07) is 10.7. The number of rotatable bonds is 6. The van der Waals surface area contributed by atoms with Crippen molar-refractivity contribution in [3.05, 3.63) is 60.2 Å². The van der Waals surface area contributed by atoms with Crippen molar-refractivity contribution >= 4 is 0 Å². The topological polar surface area (TPSA) is 0 Å². The van der Waals surface area contributed by atoms with E-state index < -0.39 is 0 Å². The van der Waals surface area contributed by atoms with Gasteiger partial charge in [-0.05, 0) is 31.2 Å². The number of unbranched alkanes of at least 4 members (excludes halogenated alkanes) is 1. The molecule has 0 aromatic heterocycles. The van der Waals surface area contributed by atoms with E-state index in [0.717, 1.165) is 6.42 Å². The molecule has 0 unspecified atom stereocenters. The molecule has 1 aromatic rings. The standard InChI is InChI=1S/C15H20/c1-2-3-4-5-6-7-9-12-15-13-10-8-11-14-15/h3-6,8,10-11,13-14H,2,7,9,12H2,1H3/b4-3-,6-5-. The first-order chi connectivity index (χ1) is 7.43. The molecule has 0 saturated carbocycles. The smallest absolute Gasteiger partial charge is 0.0276 e. The first-order valence-corrected chi connectivity index (χ1v) is 5.79. The van der Waals surface area contributed by atoms with Gasteiger partial charge in [0, 0.05) is 0 Å². The third-order valence-corrected chi connectivity index (χ3v) is 2.30. The van der Waals surface area contributed by atoms with Crippen LogP contribution in [0.5, 0.6) is 0 Å². The monoisotopic (exact) mass is 200 g/mol. The van der Waals surface area contributed by atoms with Gasteiger partial charge in [0.15, 0.2) is 0 Å². The fourth-order valence-electron chi connectivity index (χ4n) is 1.46. The highest BCUT2D eigenvalue weighted by Crippen LogP contribution is 2.04. The molecule has 0 bridgehead atoms. The van der Waals surface area contributed by atoms with E-state index in [2.05, 4.69) is 61.6 Å². The molecule has 0 radical (unpaired) electrons. The Labute approximate surface area is 93.3 Å². The van der Waals surface area contributed by atoms with E-state index in [1.54, 1.807) is 0 Å². The molecule has 0 aliphatic carbocycles. The van der Waals surface area contributed by atoms with Crippen molar-refractivity contribution in [2.24, 2.45) is 0 Å². The Balaban J connectivity index is 2.12. The van der Waals surface area contributed by atoms with E-state index in [9.17, 15) is 0 Å². The molecule has 0 heterocycles. The molecule has 0 fully saturated rings. The predicted molar refractivity (Wildman–Crippen MR) is 68.0 cm³/mol. The van der Waals surface area contributed by atoms with Crippen LogP contribution >= 0.6 is 0 Å². The van der Waals surface area contributed by atoms with E-state index in [4.69, 9.17) is 0 Å². The Morgan fingerprint density at radius 2 is 1.73 bits per heavy atom. The van der Waals surface area contributed by atoms with Crippen LogP contribution in [0, 0.1) is 0 Å². The van der Waals surface area contributed by atoms with Crippen molar-refractivity contribution in [1.29, 1.82) is 0 Å². The Hall–Kier alpha value is -1.30. The zero-order valence-electron chi connectivity index (χ0n) is 9.52. The van der Waals surface area contributed by atoms with E-state index in [1.807, 2.05) is 0 Å². The summed E-state index contributed by atoms with van der Waals surface area (Å²) >= 11 is 0. The Bertz CT molecular complexity index is 293. The lowest BCUT2D eigenvalue weighted by Gasteiger charge is -1.97. The van der Waals surface area contributed by atoms with Crippen LogP contribution in [0.4, 0.5) is 0 Å². The minimum Gasteiger partial charge on any atom is -0.0848 e. The lowest BCUT2D eigenvalue weighted by atomic mass is 10.1. The van der Waals surface area contributed by atoms with Crippen LogP contribution in [-0.4, -0.2) is 0 Å². The van der Waals surface area contributed by atoms with Gasteiger partial charge in [-0.15, -0.1) is 0 Å². The molecular weight excluding hydrogens is 180 g/mol. The van der Waals surface area contributed by atoms with Crippen LogP contribution in [-0.2, 0) is 6.42 Å². The number of hydrogen-bond acceptors (Lipinski definition) is 0. The van der Waals surface area contributed by atoms with Gasteiger partial charge in [0.2, 0.25) is 0 Å². The van der Waals surface area contributed by atoms with E-state index in [-0.39, 0.29) is 0 Å². The van der Waals surface area contributed by atoms with E-state index in [1.165, 1.54) is 24.8 Å². The van der Waals surface area contributed by atoms with Gasteiger partial charge in [0.1, 0.15) is 0 Å². The maximum absolute atomic E-state index is 2.25. The van der Waals surface area contributed by atoms with Crippen LogP contribution in [0.25, 0.3) is 0 Å². The normalized spacial score (nSPS) is 11.5. The Morgan fingerprint density at radius 1 is 1.00 bits per heavy atom. The first kappa shape index (κ1) is 11.8. The van der Waals surface area contributed by atoms with Gasteiger partial charge in [-0.3, -0.25) is 0 Å². The third-order valence-electron chi connectivity index (χ3n) is 2.30. The zero-order valence-corrected chi connectivity index (χ0v) is 9.52. The van der Waals surface area contributed by atoms with Gasteiger partial charge in [-0.25, -0.2) is 0 Å². The maximum Gasteiger partial charge on any atom is -0.0276 e.